The maximum Gasteiger partial charge on any atom is 0.222 e. The molecule has 9 nitrogen and oxygen atoms in total. The number of aryl methyl sites for hydroxylation is 1. The van der Waals surface area contributed by atoms with Gasteiger partial charge in [0.25, 0.3) is 0 Å². The molecule has 120 valence electrons. The molecule has 3 aromatic heterocycles. The molecule has 9 heteroatoms. The lowest BCUT2D eigenvalue weighted by Crippen LogP contribution is -2.05. The van der Waals surface area contributed by atoms with Crippen LogP contribution in [-0.2, 0) is 6.54 Å². The fourth-order valence-electron chi connectivity index (χ4n) is 2.56. The Kier molecular flexibility index (Phi) is 3.12. The van der Waals surface area contributed by atoms with Gasteiger partial charge in [0.15, 0.2) is 11.2 Å². The first kappa shape index (κ1) is 14.1. The van der Waals surface area contributed by atoms with Crippen LogP contribution in [0.25, 0.3) is 22.6 Å². The Hall–Kier alpha value is -3.49. The molecule has 5 N–H and O–H groups in total. The number of aromatic nitrogens is 7. The van der Waals surface area contributed by atoms with Crippen LogP contribution in [0.1, 0.15) is 11.1 Å². The number of anilines is 2. The van der Waals surface area contributed by atoms with E-state index in [4.69, 9.17) is 11.5 Å². The van der Waals surface area contributed by atoms with Crippen LogP contribution in [0.2, 0.25) is 0 Å². The summed E-state index contributed by atoms with van der Waals surface area (Å²) in [4.78, 5) is 8.54. The Balaban J connectivity index is 1.81. The first-order chi connectivity index (χ1) is 11.6. The van der Waals surface area contributed by atoms with E-state index in [0.717, 1.165) is 16.8 Å². The van der Waals surface area contributed by atoms with E-state index in [1.165, 1.54) is 0 Å². The van der Waals surface area contributed by atoms with Gasteiger partial charge in [-0.25, -0.2) is 9.67 Å². The number of hydrogen-bond acceptors (Lipinski definition) is 7. The van der Waals surface area contributed by atoms with E-state index in [9.17, 15) is 0 Å². The molecule has 4 aromatic rings. The number of nitrogen functional groups attached to an aromatic ring is 2. The zero-order valence-corrected chi connectivity index (χ0v) is 12.9. The molecular weight excluding hydrogens is 306 g/mol. The standard InChI is InChI=1S/C15H15N9/c1-8-6-9(2-3-10(8)16)7-24-14-13(22-23-24)12(19-15(17)20-14)11-4-5-18-21-11/h2-6H,7,16H2,1H3,(H,18,21)(H2,17,19,20). The summed E-state index contributed by atoms with van der Waals surface area (Å²) in [6.07, 6.45) is 1.64. The molecule has 4 rings (SSSR count). The molecule has 0 bridgehead atoms. The van der Waals surface area contributed by atoms with Crippen molar-refractivity contribution in [3.05, 3.63) is 41.6 Å². The van der Waals surface area contributed by atoms with Crippen LogP contribution in [-0.4, -0.2) is 35.2 Å². The maximum atomic E-state index is 5.87. The quantitative estimate of drug-likeness (QED) is 0.481. The number of nitrogens with one attached hydrogen (secondary N) is 1. The second-order valence-electron chi connectivity index (χ2n) is 5.51. The van der Waals surface area contributed by atoms with Gasteiger partial charge in [-0.2, -0.15) is 10.1 Å². The maximum absolute atomic E-state index is 5.87. The summed E-state index contributed by atoms with van der Waals surface area (Å²) < 4.78 is 1.69. The Morgan fingerprint density at radius 2 is 2.04 bits per heavy atom. The molecular formula is C15H15N9. The molecule has 0 spiro atoms. The number of aromatic amines is 1. The minimum absolute atomic E-state index is 0.157. The van der Waals surface area contributed by atoms with Crippen LogP contribution in [0.4, 0.5) is 11.6 Å². The van der Waals surface area contributed by atoms with Crippen LogP contribution < -0.4 is 11.5 Å². The van der Waals surface area contributed by atoms with Crippen molar-refractivity contribution in [3.63, 3.8) is 0 Å². The van der Waals surface area contributed by atoms with Gasteiger partial charge in [0, 0.05) is 11.9 Å². The average Bonchev–Trinajstić information content (AvgIpc) is 3.21. The first-order valence-electron chi connectivity index (χ1n) is 7.33. The third kappa shape index (κ3) is 2.32. The monoisotopic (exact) mass is 321 g/mol. The predicted molar refractivity (Wildman–Crippen MR) is 89.8 cm³/mol. The van der Waals surface area contributed by atoms with Gasteiger partial charge in [0.05, 0.1) is 12.2 Å². The summed E-state index contributed by atoms with van der Waals surface area (Å²) >= 11 is 0. The van der Waals surface area contributed by atoms with Crippen LogP contribution in [0.5, 0.6) is 0 Å². The lowest BCUT2D eigenvalue weighted by molar-refractivity contribution is 0.664. The Bertz CT molecular complexity index is 1020. The number of fused-ring (bicyclic) bond motifs is 1. The molecule has 0 atom stereocenters. The molecule has 24 heavy (non-hydrogen) atoms. The van der Waals surface area contributed by atoms with Gasteiger partial charge in [-0.3, -0.25) is 5.10 Å². The third-order valence-electron chi connectivity index (χ3n) is 3.80. The Morgan fingerprint density at radius 1 is 1.17 bits per heavy atom. The normalized spacial score (nSPS) is 11.2. The summed E-state index contributed by atoms with van der Waals surface area (Å²) in [5.74, 6) is 0.157. The van der Waals surface area contributed by atoms with Crippen molar-refractivity contribution in [1.29, 1.82) is 0 Å². The van der Waals surface area contributed by atoms with Crippen molar-refractivity contribution < 1.29 is 0 Å². The highest BCUT2D eigenvalue weighted by atomic mass is 15.4. The number of nitrogens with zero attached hydrogens (tertiary/aromatic N) is 6. The Labute approximate surface area is 136 Å². The highest BCUT2D eigenvalue weighted by Crippen LogP contribution is 2.23. The predicted octanol–water partition coefficient (Wildman–Crippen LogP) is 1.13. The van der Waals surface area contributed by atoms with Crippen LogP contribution in [0.15, 0.2) is 30.5 Å². The fourth-order valence-corrected chi connectivity index (χ4v) is 2.56. The van der Waals surface area contributed by atoms with Gasteiger partial charge in [-0.05, 0) is 30.2 Å². The smallest absolute Gasteiger partial charge is 0.222 e. The van der Waals surface area contributed by atoms with Crippen LogP contribution in [0.3, 0.4) is 0 Å². The van der Waals surface area contributed by atoms with Gasteiger partial charge in [0.1, 0.15) is 5.69 Å². The zero-order chi connectivity index (χ0) is 16.7. The molecule has 0 radical (unpaired) electrons. The lowest BCUT2D eigenvalue weighted by Gasteiger charge is -2.06. The molecule has 3 heterocycles. The number of hydrogen-bond donors (Lipinski definition) is 3. The summed E-state index contributed by atoms with van der Waals surface area (Å²) in [6.45, 7) is 2.48. The van der Waals surface area contributed by atoms with Crippen molar-refractivity contribution in [2.75, 3.05) is 11.5 Å². The van der Waals surface area contributed by atoms with E-state index < -0.39 is 0 Å². The highest BCUT2D eigenvalue weighted by molar-refractivity contribution is 5.86. The minimum atomic E-state index is 0.157. The van der Waals surface area contributed by atoms with Crippen LogP contribution >= 0.6 is 0 Å². The number of benzene rings is 1. The number of nitrogens with two attached hydrogens (primary N) is 2. The molecule has 0 aliphatic heterocycles. The molecule has 0 unspecified atom stereocenters. The van der Waals surface area contributed by atoms with Crippen molar-refractivity contribution >= 4 is 22.8 Å². The summed E-state index contributed by atoms with van der Waals surface area (Å²) in [5.41, 5.74) is 17.0. The molecule has 0 saturated heterocycles. The lowest BCUT2D eigenvalue weighted by atomic mass is 10.1. The zero-order valence-electron chi connectivity index (χ0n) is 12.9. The van der Waals surface area contributed by atoms with Gasteiger partial charge >= 0.3 is 0 Å². The second kappa shape index (κ2) is 5.30. The average molecular weight is 321 g/mol. The van der Waals surface area contributed by atoms with E-state index >= 15 is 0 Å². The molecule has 0 aliphatic rings. The topological polar surface area (TPSA) is 137 Å². The molecule has 0 fully saturated rings. The van der Waals surface area contributed by atoms with E-state index in [1.54, 1.807) is 16.9 Å². The molecule has 0 saturated carbocycles. The second-order valence-corrected chi connectivity index (χ2v) is 5.51. The van der Waals surface area contributed by atoms with Gasteiger partial charge in [-0.1, -0.05) is 17.3 Å². The molecule has 0 aliphatic carbocycles. The van der Waals surface area contributed by atoms with Crippen molar-refractivity contribution in [2.24, 2.45) is 0 Å². The van der Waals surface area contributed by atoms with E-state index in [1.807, 2.05) is 25.1 Å². The van der Waals surface area contributed by atoms with Crippen LogP contribution in [0, 0.1) is 6.92 Å². The van der Waals surface area contributed by atoms with Gasteiger partial charge in [-0.15, -0.1) is 5.10 Å². The number of H-pyrrole nitrogens is 1. The summed E-state index contributed by atoms with van der Waals surface area (Å²) in [5, 5.41) is 15.2. The number of rotatable bonds is 3. The van der Waals surface area contributed by atoms with Crippen molar-refractivity contribution in [1.82, 2.24) is 35.2 Å². The molecule has 1 aromatic carbocycles. The van der Waals surface area contributed by atoms with Crippen molar-refractivity contribution in [3.8, 4) is 11.4 Å². The SMILES string of the molecule is Cc1cc(Cn2nnc3c(-c4ccn[nH]4)nc(N)nc32)ccc1N. The summed E-state index contributed by atoms with van der Waals surface area (Å²) in [7, 11) is 0. The van der Waals surface area contributed by atoms with E-state index in [2.05, 4.69) is 30.5 Å². The van der Waals surface area contributed by atoms with Gasteiger partial charge in [0.2, 0.25) is 5.95 Å². The van der Waals surface area contributed by atoms with E-state index in [0.29, 0.717) is 29.1 Å². The minimum Gasteiger partial charge on any atom is -0.399 e. The third-order valence-corrected chi connectivity index (χ3v) is 3.80. The Morgan fingerprint density at radius 3 is 2.79 bits per heavy atom. The molecule has 0 amide bonds. The van der Waals surface area contributed by atoms with Gasteiger partial charge < -0.3 is 11.5 Å². The largest absolute Gasteiger partial charge is 0.399 e. The van der Waals surface area contributed by atoms with Crippen molar-refractivity contribution in [2.45, 2.75) is 13.5 Å². The first-order valence-corrected chi connectivity index (χ1v) is 7.33. The summed E-state index contributed by atoms with van der Waals surface area (Å²) in [6, 6.07) is 7.64. The highest BCUT2D eigenvalue weighted by Gasteiger charge is 2.16. The van der Waals surface area contributed by atoms with E-state index in [-0.39, 0.29) is 5.95 Å². The fraction of sp³-hybridized carbons (Fsp3) is 0.133.